The molecule has 0 saturated heterocycles. The fraction of sp³-hybridized carbons (Fsp3) is 0.400. The Kier molecular flexibility index (Phi) is 2.35. The highest BCUT2D eigenvalue weighted by Gasteiger charge is 2.41. The van der Waals surface area contributed by atoms with Gasteiger partial charge >= 0.3 is 0 Å². The van der Waals surface area contributed by atoms with E-state index in [1.54, 1.807) is 4.68 Å². The minimum absolute atomic E-state index is 0.742. The Labute approximate surface area is 107 Å². The molecule has 0 radical (unpaired) electrons. The van der Waals surface area contributed by atoms with Crippen LogP contribution in [0.1, 0.15) is 34.4 Å². The maximum absolute atomic E-state index is 11.1. The first kappa shape index (κ1) is 11.5. The summed E-state index contributed by atoms with van der Waals surface area (Å²) in [5, 5.41) is 15.4. The van der Waals surface area contributed by atoms with Gasteiger partial charge in [-0.05, 0) is 43.4 Å². The van der Waals surface area contributed by atoms with Crippen LogP contribution in [0.5, 0.6) is 0 Å². The van der Waals surface area contributed by atoms with Crippen molar-refractivity contribution >= 4 is 0 Å². The molecule has 0 saturated carbocycles. The number of benzene rings is 1. The van der Waals surface area contributed by atoms with Gasteiger partial charge in [-0.3, -0.25) is 4.68 Å². The smallest absolute Gasteiger partial charge is 0.132 e. The van der Waals surface area contributed by atoms with Crippen LogP contribution < -0.4 is 0 Å². The Balaban J connectivity index is 2.23. The van der Waals surface area contributed by atoms with Crippen molar-refractivity contribution in [3.8, 4) is 0 Å². The highest BCUT2D eigenvalue weighted by molar-refractivity contribution is 5.46. The standard InChI is InChI=1S/C15H18N2O/c1-10-4-5-12-6-7-15(18,13(12)8-10)14-11(2)9-16-17(14)3/h4-5,8-9,18H,6-7H2,1-3H3. The first-order valence-electron chi connectivity index (χ1n) is 6.34. The number of rotatable bonds is 1. The van der Waals surface area contributed by atoms with E-state index in [2.05, 4.69) is 30.2 Å². The summed E-state index contributed by atoms with van der Waals surface area (Å²) in [4.78, 5) is 0. The molecule has 0 spiro atoms. The molecule has 2 aromatic rings. The molecule has 0 fully saturated rings. The Morgan fingerprint density at radius 2 is 2.11 bits per heavy atom. The summed E-state index contributed by atoms with van der Waals surface area (Å²) in [5.74, 6) is 0. The molecule has 1 unspecified atom stereocenters. The molecular formula is C15H18N2O. The molecule has 0 bridgehead atoms. The lowest BCUT2D eigenvalue weighted by molar-refractivity contribution is 0.0733. The summed E-state index contributed by atoms with van der Waals surface area (Å²) in [5.41, 5.74) is 4.59. The van der Waals surface area contributed by atoms with Gasteiger partial charge in [-0.25, -0.2) is 0 Å². The molecule has 1 heterocycles. The SMILES string of the molecule is Cc1ccc2c(c1)C(O)(c1c(C)cnn1C)CC2. The van der Waals surface area contributed by atoms with Crippen LogP contribution in [0, 0.1) is 13.8 Å². The van der Waals surface area contributed by atoms with Crippen LogP contribution in [0.4, 0.5) is 0 Å². The van der Waals surface area contributed by atoms with Gasteiger partial charge in [-0.15, -0.1) is 0 Å². The lowest BCUT2D eigenvalue weighted by Gasteiger charge is -2.25. The van der Waals surface area contributed by atoms with Gasteiger partial charge in [0.1, 0.15) is 5.60 Å². The van der Waals surface area contributed by atoms with Gasteiger partial charge in [0, 0.05) is 7.05 Å². The second kappa shape index (κ2) is 3.69. The molecule has 18 heavy (non-hydrogen) atoms. The molecular weight excluding hydrogens is 224 g/mol. The quantitative estimate of drug-likeness (QED) is 0.832. The molecule has 1 atom stereocenters. The average Bonchev–Trinajstić information content (AvgIpc) is 2.82. The molecule has 3 heteroatoms. The molecule has 0 amide bonds. The van der Waals surface area contributed by atoms with Crippen molar-refractivity contribution < 1.29 is 5.11 Å². The molecule has 3 nitrogen and oxygen atoms in total. The van der Waals surface area contributed by atoms with Crippen LogP contribution in [0.15, 0.2) is 24.4 Å². The number of nitrogens with zero attached hydrogens (tertiary/aromatic N) is 2. The van der Waals surface area contributed by atoms with E-state index >= 15 is 0 Å². The predicted octanol–water partition coefficient (Wildman–Crippen LogP) is 2.22. The first-order valence-corrected chi connectivity index (χ1v) is 6.34. The third-order valence-electron chi connectivity index (χ3n) is 3.98. The lowest BCUT2D eigenvalue weighted by Crippen LogP contribution is -2.28. The second-order valence-electron chi connectivity index (χ2n) is 5.32. The van der Waals surface area contributed by atoms with Crippen LogP contribution in [-0.2, 0) is 19.1 Å². The van der Waals surface area contributed by atoms with Crippen molar-refractivity contribution in [2.45, 2.75) is 32.3 Å². The zero-order valence-electron chi connectivity index (χ0n) is 11.1. The molecule has 0 aliphatic heterocycles. The normalized spacial score (nSPS) is 22.2. The Hall–Kier alpha value is -1.61. The second-order valence-corrected chi connectivity index (χ2v) is 5.32. The van der Waals surface area contributed by atoms with E-state index in [0.29, 0.717) is 0 Å². The zero-order chi connectivity index (χ0) is 12.9. The van der Waals surface area contributed by atoms with Crippen LogP contribution in [-0.4, -0.2) is 14.9 Å². The molecule has 94 valence electrons. The van der Waals surface area contributed by atoms with Gasteiger partial charge in [-0.2, -0.15) is 5.10 Å². The summed E-state index contributed by atoms with van der Waals surface area (Å²) < 4.78 is 1.80. The maximum Gasteiger partial charge on any atom is 0.132 e. The largest absolute Gasteiger partial charge is 0.379 e. The summed E-state index contributed by atoms with van der Waals surface area (Å²) in [6.45, 7) is 4.07. The monoisotopic (exact) mass is 242 g/mol. The maximum atomic E-state index is 11.1. The summed E-state index contributed by atoms with van der Waals surface area (Å²) in [6, 6.07) is 6.35. The van der Waals surface area contributed by atoms with Gasteiger partial charge in [0.15, 0.2) is 0 Å². The van der Waals surface area contributed by atoms with Crippen LogP contribution >= 0.6 is 0 Å². The molecule has 1 aliphatic rings. The van der Waals surface area contributed by atoms with Gasteiger partial charge in [0.05, 0.1) is 11.9 Å². The van der Waals surface area contributed by atoms with Gasteiger partial charge in [-0.1, -0.05) is 23.8 Å². The van der Waals surface area contributed by atoms with E-state index in [4.69, 9.17) is 0 Å². The Bertz CT molecular complexity index is 595. The van der Waals surface area contributed by atoms with Crippen molar-refractivity contribution in [3.63, 3.8) is 0 Å². The van der Waals surface area contributed by atoms with Gasteiger partial charge in [0.25, 0.3) is 0 Å². The topological polar surface area (TPSA) is 38.1 Å². The molecule has 3 rings (SSSR count). The van der Waals surface area contributed by atoms with Gasteiger partial charge in [0.2, 0.25) is 0 Å². The number of aliphatic hydroxyl groups is 1. The third-order valence-corrected chi connectivity index (χ3v) is 3.98. The Morgan fingerprint density at radius 3 is 2.78 bits per heavy atom. The van der Waals surface area contributed by atoms with Crippen molar-refractivity contribution in [3.05, 3.63) is 52.3 Å². The van der Waals surface area contributed by atoms with E-state index in [-0.39, 0.29) is 0 Å². The number of aryl methyl sites for hydroxylation is 4. The van der Waals surface area contributed by atoms with Crippen molar-refractivity contribution in [1.82, 2.24) is 9.78 Å². The van der Waals surface area contributed by atoms with Crippen LogP contribution in [0.2, 0.25) is 0 Å². The van der Waals surface area contributed by atoms with Crippen molar-refractivity contribution in [2.24, 2.45) is 7.05 Å². The first-order chi connectivity index (χ1) is 8.52. The molecule has 1 aromatic carbocycles. The van der Waals surface area contributed by atoms with E-state index in [1.165, 1.54) is 11.1 Å². The van der Waals surface area contributed by atoms with Crippen molar-refractivity contribution in [2.75, 3.05) is 0 Å². The van der Waals surface area contributed by atoms with E-state index < -0.39 is 5.60 Å². The van der Waals surface area contributed by atoms with Crippen molar-refractivity contribution in [1.29, 1.82) is 0 Å². The molecule has 1 aromatic heterocycles. The molecule has 1 N–H and O–H groups in total. The minimum Gasteiger partial charge on any atom is -0.379 e. The summed E-state index contributed by atoms with van der Waals surface area (Å²) in [7, 11) is 1.90. The number of hydrogen-bond acceptors (Lipinski definition) is 2. The highest BCUT2D eigenvalue weighted by atomic mass is 16.3. The lowest BCUT2D eigenvalue weighted by atomic mass is 9.89. The molecule has 1 aliphatic carbocycles. The van der Waals surface area contributed by atoms with E-state index in [1.807, 2.05) is 20.2 Å². The Morgan fingerprint density at radius 1 is 1.33 bits per heavy atom. The zero-order valence-corrected chi connectivity index (χ0v) is 11.1. The van der Waals surface area contributed by atoms with E-state index in [9.17, 15) is 5.11 Å². The average molecular weight is 242 g/mol. The number of fused-ring (bicyclic) bond motifs is 1. The predicted molar refractivity (Wildman–Crippen MR) is 70.4 cm³/mol. The summed E-state index contributed by atoms with van der Waals surface area (Å²) in [6.07, 6.45) is 3.49. The third kappa shape index (κ3) is 1.44. The van der Waals surface area contributed by atoms with Gasteiger partial charge < -0.3 is 5.11 Å². The van der Waals surface area contributed by atoms with E-state index in [0.717, 1.165) is 29.7 Å². The highest BCUT2D eigenvalue weighted by Crippen LogP contribution is 2.43. The number of aromatic nitrogens is 2. The van der Waals surface area contributed by atoms with Crippen LogP contribution in [0.25, 0.3) is 0 Å². The minimum atomic E-state index is -0.878. The summed E-state index contributed by atoms with van der Waals surface area (Å²) >= 11 is 0. The van der Waals surface area contributed by atoms with Crippen LogP contribution in [0.3, 0.4) is 0 Å². The number of hydrogen-bond donors (Lipinski definition) is 1. The fourth-order valence-electron chi connectivity index (χ4n) is 3.13. The fourth-order valence-corrected chi connectivity index (χ4v) is 3.13.